The Kier molecular flexibility index (Phi) is 2.26. The van der Waals surface area contributed by atoms with E-state index in [0.29, 0.717) is 0 Å². The highest BCUT2D eigenvalue weighted by molar-refractivity contribution is 7.08. The van der Waals surface area contributed by atoms with Gasteiger partial charge in [0.2, 0.25) is 0 Å². The number of rotatable bonds is 2. The van der Waals surface area contributed by atoms with Gasteiger partial charge in [0.15, 0.2) is 5.78 Å². The summed E-state index contributed by atoms with van der Waals surface area (Å²) in [4.78, 5) is 12.1. The van der Waals surface area contributed by atoms with Crippen LogP contribution >= 0.6 is 11.3 Å². The predicted molar refractivity (Wildman–Crippen MR) is 66.2 cm³/mol. The van der Waals surface area contributed by atoms with Crippen LogP contribution in [0.15, 0.2) is 41.1 Å². The molecule has 0 bridgehead atoms. The number of ketones is 1. The number of hydrogen-bond donors (Lipinski definition) is 1. The van der Waals surface area contributed by atoms with E-state index in [4.69, 9.17) is 0 Å². The predicted octanol–water partition coefficient (Wildman–Crippen LogP) is 2.97. The van der Waals surface area contributed by atoms with Crippen molar-refractivity contribution in [2.24, 2.45) is 0 Å². The fourth-order valence-electron chi connectivity index (χ4n) is 2.06. The third-order valence-electron chi connectivity index (χ3n) is 2.89. The standard InChI is InChI=1S/C13H11NOS/c15-13(10-5-6-16-8-10)12-7-9-3-1-2-4-11(9)14-12/h1-6,8,12,14H,7H2. The summed E-state index contributed by atoms with van der Waals surface area (Å²) >= 11 is 1.56. The number of Topliss-reactive ketones (excluding diaryl/α,β-unsaturated/α-hetero) is 1. The zero-order valence-corrected chi connectivity index (χ0v) is 9.46. The van der Waals surface area contributed by atoms with Gasteiger partial charge >= 0.3 is 0 Å². The Bertz CT molecular complexity index is 493. The Hall–Kier alpha value is -1.61. The third-order valence-corrected chi connectivity index (χ3v) is 3.58. The first-order chi connectivity index (χ1) is 7.84. The van der Waals surface area contributed by atoms with Crippen LogP contribution in [0, 0.1) is 0 Å². The van der Waals surface area contributed by atoms with Crippen molar-refractivity contribution in [1.29, 1.82) is 0 Å². The van der Waals surface area contributed by atoms with Crippen LogP contribution in [-0.4, -0.2) is 11.8 Å². The molecule has 0 saturated carbocycles. The van der Waals surface area contributed by atoms with Crippen molar-refractivity contribution in [2.75, 3.05) is 5.32 Å². The highest BCUT2D eigenvalue weighted by atomic mass is 32.1. The molecule has 0 aliphatic carbocycles. The molecule has 2 heterocycles. The minimum absolute atomic E-state index is 0.0907. The smallest absolute Gasteiger partial charge is 0.186 e. The van der Waals surface area contributed by atoms with Crippen LogP contribution in [0.2, 0.25) is 0 Å². The molecule has 0 spiro atoms. The molecule has 0 amide bonds. The fraction of sp³-hybridized carbons (Fsp3) is 0.154. The van der Waals surface area contributed by atoms with E-state index >= 15 is 0 Å². The second kappa shape index (κ2) is 3.76. The highest BCUT2D eigenvalue weighted by Crippen LogP contribution is 2.27. The van der Waals surface area contributed by atoms with E-state index in [1.165, 1.54) is 5.56 Å². The number of anilines is 1. The molecular formula is C13H11NOS. The number of fused-ring (bicyclic) bond motifs is 1. The van der Waals surface area contributed by atoms with Gasteiger partial charge in [0.05, 0.1) is 6.04 Å². The van der Waals surface area contributed by atoms with Gasteiger partial charge in [-0.15, -0.1) is 0 Å². The number of carbonyl (C=O) groups is 1. The van der Waals surface area contributed by atoms with Gasteiger partial charge in [0.1, 0.15) is 0 Å². The molecule has 1 aromatic heterocycles. The maximum Gasteiger partial charge on any atom is 0.186 e. The Morgan fingerprint density at radius 2 is 2.19 bits per heavy atom. The average Bonchev–Trinajstić information content (AvgIpc) is 2.97. The summed E-state index contributed by atoms with van der Waals surface area (Å²) < 4.78 is 0. The van der Waals surface area contributed by atoms with Crippen molar-refractivity contribution in [3.05, 3.63) is 52.2 Å². The van der Waals surface area contributed by atoms with E-state index < -0.39 is 0 Å². The van der Waals surface area contributed by atoms with E-state index in [9.17, 15) is 4.79 Å². The molecule has 1 aromatic carbocycles. The van der Waals surface area contributed by atoms with Gasteiger partial charge < -0.3 is 5.32 Å². The second-order valence-electron chi connectivity index (χ2n) is 3.93. The molecule has 0 radical (unpaired) electrons. The van der Waals surface area contributed by atoms with Crippen LogP contribution in [0.5, 0.6) is 0 Å². The maximum atomic E-state index is 12.1. The normalized spacial score (nSPS) is 17.9. The Morgan fingerprint density at radius 1 is 1.31 bits per heavy atom. The molecule has 80 valence electrons. The van der Waals surface area contributed by atoms with E-state index in [1.54, 1.807) is 11.3 Å². The van der Waals surface area contributed by atoms with Gasteiger partial charge in [0.25, 0.3) is 0 Å². The lowest BCUT2D eigenvalue weighted by molar-refractivity contribution is 0.0972. The van der Waals surface area contributed by atoms with Gasteiger partial charge in [0, 0.05) is 23.1 Å². The van der Waals surface area contributed by atoms with Gasteiger partial charge in [-0.2, -0.15) is 11.3 Å². The summed E-state index contributed by atoms with van der Waals surface area (Å²) in [5.74, 6) is 0.192. The van der Waals surface area contributed by atoms with Crippen LogP contribution in [-0.2, 0) is 6.42 Å². The first-order valence-corrected chi connectivity index (χ1v) is 6.20. The largest absolute Gasteiger partial charge is 0.374 e. The lowest BCUT2D eigenvalue weighted by Gasteiger charge is -2.08. The summed E-state index contributed by atoms with van der Waals surface area (Å²) in [5, 5.41) is 7.13. The quantitative estimate of drug-likeness (QED) is 0.802. The lowest BCUT2D eigenvalue weighted by atomic mass is 10.0. The van der Waals surface area contributed by atoms with E-state index in [0.717, 1.165) is 17.7 Å². The first-order valence-electron chi connectivity index (χ1n) is 5.25. The monoisotopic (exact) mass is 229 g/mol. The van der Waals surface area contributed by atoms with Crippen molar-refractivity contribution in [2.45, 2.75) is 12.5 Å². The Balaban J connectivity index is 1.84. The third kappa shape index (κ3) is 1.53. The molecule has 1 aliphatic rings. The van der Waals surface area contributed by atoms with Crippen molar-refractivity contribution in [3.8, 4) is 0 Å². The maximum absolute atomic E-state index is 12.1. The Labute approximate surface area is 97.9 Å². The molecule has 2 aromatic rings. The van der Waals surface area contributed by atoms with Gasteiger partial charge in [-0.25, -0.2) is 0 Å². The fourth-order valence-corrected chi connectivity index (χ4v) is 2.71. The summed E-state index contributed by atoms with van der Waals surface area (Å²) in [6, 6.07) is 9.89. The molecule has 3 heteroatoms. The summed E-state index contributed by atoms with van der Waals surface area (Å²) in [5.41, 5.74) is 3.14. The van der Waals surface area contributed by atoms with Crippen molar-refractivity contribution < 1.29 is 4.79 Å². The minimum atomic E-state index is -0.0907. The summed E-state index contributed by atoms with van der Waals surface area (Å²) in [7, 11) is 0. The summed E-state index contributed by atoms with van der Waals surface area (Å²) in [6.45, 7) is 0. The number of nitrogens with one attached hydrogen (secondary N) is 1. The molecule has 2 nitrogen and oxygen atoms in total. The van der Waals surface area contributed by atoms with Crippen LogP contribution in [0.1, 0.15) is 15.9 Å². The highest BCUT2D eigenvalue weighted by Gasteiger charge is 2.27. The molecular weight excluding hydrogens is 218 g/mol. The van der Waals surface area contributed by atoms with Gasteiger partial charge in [-0.3, -0.25) is 4.79 Å². The van der Waals surface area contributed by atoms with Gasteiger partial charge in [-0.05, 0) is 23.1 Å². The molecule has 3 rings (SSSR count). The topological polar surface area (TPSA) is 29.1 Å². The number of hydrogen-bond acceptors (Lipinski definition) is 3. The number of para-hydroxylation sites is 1. The van der Waals surface area contributed by atoms with E-state index in [1.807, 2.05) is 35.0 Å². The molecule has 1 unspecified atom stereocenters. The number of thiophene rings is 1. The van der Waals surface area contributed by atoms with Crippen LogP contribution in [0.25, 0.3) is 0 Å². The minimum Gasteiger partial charge on any atom is -0.374 e. The molecule has 1 aliphatic heterocycles. The molecule has 0 saturated heterocycles. The molecule has 0 fully saturated rings. The lowest BCUT2D eigenvalue weighted by Crippen LogP contribution is -2.26. The van der Waals surface area contributed by atoms with E-state index in [2.05, 4.69) is 11.4 Å². The zero-order valence-electron chi connectivity index (χ0n) is 8.64. The number of benzene rings is 1. The van der Waals surface area contributed by atoms with Crippen LogP contribution in [0.3, 0.4) is 0 Å². The molecule has 1 N–H and O–H groups in total. The molecule has 16 heavy (non-hydrogen) atoms. The number of carbonyl (C=O) groups excluding carboxylic acids is 1. The SMILES string of the molecule is O=C(c1ccsc1)C1Cc2ccccc2N1. The summed E-state index contributed by atoms with van der Waals surface area (Å²) in [6.07, 6.45) is 0.796. The second-order valence-corrected chi connectivity index (χ2v) is 4.71. The zero-order chi connectivity index (χ0) is 11.0. The Morgan fingerprint density at radius 3 is 2.94 bits per heavy atom. The average molecular weight is 229 g/mol. The van der Waals surface area contributed by atoms with Crippen LogP contribution in [0.4, 0.5) is 5.69 Å². The van der Waals surface area contributed by atoms with Gasteiger partial charge in [-0.1, -0.05) is 18.2 Å². The van der Waals surface area contributed by atoms with Crippen LogP contribution < -0.4 is 5.32 Å². The van der Waals surface area contributed by atoms with E-state index in [-0.39, 0.29) is 11.8 Å². The van der Waals surface area contributed by atoms with Crippen molar-refractivity contribution in [3.63, 3.8) is 0 Å². The first kappa shape index (κ1) is 9.60. The molecule has 1 atom stereocenters. The van der Waals surface area contributed by atoms with Crippen molar-refractivity contribution in [1.82, 2.24) is 0 Å². The van der Waals surface area contributed by atoms with Crippen molar-refractivity contribution >= 4 is 22.8 Å².